The summed E-state index contributed by atoms with van der Waals surface area (Å²) in [5.41, 5.74) is 1.35. The fourth-order valence-corrected chi connectivity index (χ4v) is 2.33. The summed E-state index contributed by atoms with van der Waals surface area (Å²) in [5, 5.41) is 18.6. The Morgan fingerprint density at radius 1 is 1.22 bits per heavy atom. The highest BCUT2D eigenvalue weighted by molar-refractivity contribution is 7.78. The molecule has 0 aromatic rings. The van der Waals surface area contributed by atoms with Crippen LogP contribution < -0.4 is 21.4 Å². The van der Waals surface area contributed by atoms with Gasteiger partial charge in [0.05, 0.1) is 29.2 Å². The molecule has 0 amide bonds. The lowest BCUT2D eigenvalue weighted by Gasteiger charge is -1.99. The molecule has 18 heavy (non-hydrogen) atoms. The van der Waals surface area contributed by atoms with Crippen molar-refractivity contribution in [2.75, 3.05) is 0 Å². The molecule has 7 heteroatoms. The number of thiol groups is 1. The van der Waals surface area contributed by atoms with Crippen LogP contribution in [0.3, 0.4) is 0 Å². The molecule has 0 spiro atoms. The van der Waals surface area contributed by atoms with Crippen molar-refractivity contribution in [1.29, 1.82) is 10.8 Å². The molecule has 0 radical (unpaired) electrons. The van der Waals surface area contributed by atoms with Crippen molar-refractivity contribution in [1.82, 2.24) is 4.98 Å². The minimum absolute atomic E-state index is 0.272. The zero-order chi connectivity index (χ0) is 13.4. The molecule has 2 rings (SSSR count). The summed E-state index contributed by atoms with van der Waals surface area (Å²) in [4.78, 5) is 4.37. The van der Waals surface area contributed by atoms with Crippen LogP contribution in [0.1, 0.15) is 11.3 Å². The number of hydrogen-bond donors (Lipinski definition) is 3. The van der Waals surface area contributed by atoms with E-state index in [2.05, 4.69) is 39.4 Å². The summed E-state index contributed by atoms with van der Waals surface area (Å²) in [6.45, 7) is 3.57. The number of aromatic nitrogens is 1. The standard InChI is InChI=1S/C11H11N5S2/c1-4-3-6-8(13)9(15-17)5(2)14-10(6)11(16-18)7(4)12/h3,12-13,17-18H,1-2H3/p+1. The Kier molecular flexibility index (Phi) is 3.36. The Balaban J connectivity index is 3.40. The third-order valence-electron chi connectivity index (χ3n) is 2.81. The Hall–Kier alpha value is -1.47. The van der Waals surface area contributed by atoms with E-state index in [0.29, 0.717) is 27.0 Å². The minimum atomic E-state index is 0.272. The molecule has 0 saturated carbocycles. The predicted molar refractivity (Wildman–Crippen MR) is 73.4 cm³/mol. The lowest BCUT2D eigenvalue weighted by Crippen LogP contribution is -2.36. The third-order valence-corrected chi connectivity index (χ3v) is 3.24. The maximum atomic E-state index is 8.13. The van der Waals surface area contributed by atoms with Gasteiger partial charge in [-0.2, -0.15) is 0 Å². The van der Waals surface area contributed by atoms with Crippen molar-refractivity contribution in [2.24, 2.45) is 8.80 Å². The summed E-state index contributed by atoms with van der Waals surface area (Å²) in [5.74, 6) is 0. The molecule has 1 aliphatic heterocycles. The molecule has 0 saturated heterocycles. The molecule has 2 aliphatic rings. The molecule has 0 unspecified atom stereocenters. The lowest BCUT2D eigenvalue weighted by molar-refractivity contribution is 0.982. The highest BCUT2D eigenvalue weighted by Gasteiger charge is 2.06. The van der Waals surface area contributed by atoms with Gasteiger partial charge in [-0.3, -0.25) is 10.8 Å². The van der Waals surface area contributed by atoms with E-state index in [1.165, 1.54) is 0 Å². The number of rotatable bonds is 0. The monoisotopic (exact) mass is 278 g/mol. The van der Waals surface area contributed by atoms with Crippen LogP contribution in [0.5, 0.6) is 0 Å². The smallest absolute Gasteiger partial charge is 0.160 e. The highest BCUT2D eigenvalue weighted by atomic mass is 32.1. The van der Waals surface area contributed by atoms with Crippen LogP contribution in [0.2, 0.25) is 0 Å². The quantitative estimate of drug-likeness (QED) is 0.412. The number of hydrogen-bond acceptors (Lipinski definition) is 6. The zero-order valence-electron chi connectivity index (χ0n) is 9.87. The zero-order valence-corrected chi connectivity index (χ0v) is 11.8. The summed E-state index contributed by atoms with van der Waals surface area (Å²) < 4.78 is 7.70. The van der Waals surface area contributed by atoms with E-state index >= 15 is 0 Å². The van der Waals surface area contributed by atoms with Crippen molar-refractivity contribution in [3.8, 4) is 0 Å². The largest absolute Gasteiger partial charge is 0.298 e. The topological polar surface area (TPSA) is 85.3 Å². The van der Waals surface area contributed by atoms with Crippen molar-refractivity contribution >= 4 is 25.6 Å². The minimum Gasteiger partial charge on any atom is -0.298 e. The average Bonchev–Trinajstić information content (AvgIpc) is 2.33. The second kappa shape index (κ2) is 4.66. The van der Waals surface area contributed by atoms with E-state index in [9.17, 15) is 0 Å². The number of aryl methyl sites for hydroxylation is 2. The summed E-state index contributed by atoms with van der Waals surface area (Å²) in [6, 6.07) is 1.76. The maximum Gasteiger partial charge on any atom is 0.160 e. The van der Waals surface area contributed by atoms with Gasteiger partial charge < -0.3 is 0 Å². The maximum absolute atomic E-state index is 8.13. The summed E-state index contributed by atoms with van der Waals surface area (Å²) >= 11 is 6.94. The first kappa shape index (κ1) is 13.0. The van der Waals surface area contributed by atoms with E-state index < -0.39 is 0 Å². The van der Waals surface area contributed by atoms with E-state index in [0.717, 1.165) is 5.56 Å². The van der Waals surface area contributed by atoms with Crippen LogP contribution in [0.15, 0.2) is 14.9 Å². The van der Waals surface area contributed by atoms with Gasteiger partial charge in [0.15, 0.2) is 5.36 Å². The van der Waals surface area contributed by atoms with Gasteiger partial charge in [-0.05, 0) is 38.3 Å². The van der Waals surface area contributed by atoms with E-state index in [1.807, 2.05) is 0 Å². The fraction of sp³-hybridized carbons (Fsp3) is 0.182. The first-order chi connectivity index (χ1) is 8.51. The van der Waals surface area contributed by atoms with E-state index in [4.69, 9.17) is 10.8 Å². The van der Waals surface area contributed by atoms with Crippen LogP contribution in [0.25, 0.3) is 0 Å². The van der Waals surface area contributed by atoms with Crippen LogP contribution in [-0.2, 0) is 12.8 Å². The Morgan fingerprint density at radius 2 is 1.89 bits per heavy atom. The summed E-state index contributed by atoms with van der Waals surface area (Å²) in [6.07, 6.45) is 0. The average molecular weight is 278 g/mol. The van der Waals surface area contributed by atoms with Gasteiger partial charge in [0.1, 0.15) is 10.7 Å². The van der Waals surface area contributed by atoms with Crippen LogP contribution in [0.4, 0.5) is 0 Å². The van der Waals surface area contributed by atoms with Gasteiger partial charge >= 0.3 is 0 Å². The molecule has 92 valence electrons. The van der Waals surface area contributed by atoms with Crippen LogP contribution in [0, 0.1) is 35.2 Å². The van der Waals surface area contributed by atoms with Crippen molar-refractivity contribution in [3.63, 3.8) is 0 Å². The van der Waals surface area contributed by atoms with Gasteiger partial charge in [-0.25, -0.2) is 9.38 Å². The molecule has 0 aromatic carbocycles. The van der Waals surface area contributed by atoms with Crippen molar-refractivity contribution in [2.45, 2.75) is 13.8 Å². The van der Waals surface area contributed by atoms with E-state index in [1.54, 1.807) is 19.9 Å². The highest BCUT2D eigenvalue weighted by Crippen LogP contribution is 1.90. The first-order valence-electron chi connectivity index (χ1n) is 5.15. The fourth-order valence-electron chi connectivity index (χ4n) is 1.86. The molecule has 0 bridgehead atoms. The molecule has 5 nitrogen and oxygen atoms in total. The second-order valence-corrected chi connectivity index (χ2v) is 4.37. The van der Waals surface area contributed by atoms with Crippen molar-refractivity contribution < 1.29 is 0 Å². The molecular formula is C11H12N5S2+. The van der Waals surface area contributed by atoms with Gasteiger partial charge in [-0.15, -0.1) is 0 Å². The molecule has 0 aromatic heterocycles. The second-order valence-electron chi connectivity index (χ2n) is 3.95. The lowest BCUT2D eigenvalue weighted by atomic mass is 10.1. The number of nitrogens with one attached hydrogen (secondary N) is 2. The summed E-state index contributed by atoms with van der Waals surface area (Å²) in [7, 11) is 0. The van der Waals surface area contributed by atoms with Crippen molar-refractivity contribution in [3.05, 3.63) is 49.3 Å². The SMILES string of the molecule is Cc1cc2c(=N)c(=N[SH2+])c(C)nc=2c(=NS)c1=N. The van der Waals surface area contributed by atoms with Gasteiger partial charge in [-0.1, -0.05) is 4.40 Å². The van der Waals surface area contributed by atoms with Crippen LogP contribution in [-0.4, -0.2) is 4.98 Å². The van der Waals surface area contributed by atoms with Gasteiger partial charge in [0.2, 0.25) is 0 Å². The van der Waals surface area contributed by atoms with E-state index in [-0.39, 0.29) is 10.7 Å². The number of nitrogens with zero attached hydrogens (tertiary/aromatic N) is 3. The van der Waals surface area contributed by atoms with Gasteiger partial charge in [0, 0.05) is 5.22 Å². The molecule has 1 heterocycles. The van der Waals surface area contributed by atoms with Crippen LogP contribution >= 0.6 is 12.8 Å². The predicted octanol–water partition coefficient (Wildman–Crippen LogP) is -1.17. The Labute approximate surface area is 113 Å². The molecule has 1 aliphatic carbocycles. The Morgan fingerprint density at radius 3 is 2.44 bits per heavy atom. The molecule has 0 fully saturated rings. The normalized spacial score (nSPS) is 13.6. The molecule has 0 atom stereocenters. The molecular weight excluding hydrogens is 266 g/mol. The first-order valence-corrected chi connectivity index (χ1v) is 5.99. The third kappa shape index (κ3) is 1.79. The molecule has 2 N–H and O–H groups in total. The Bertz CT molecular complexity index is 907. The van der Waals surface area contributed by atoms with Gasteiger partial charge in [0.25, 0.3) is 0 Å².